The number of aromatic nitrogens is 2. The molecule has 1 aromatic heterocycles. The molecule has 122 valence electrons. The first-order valence-corrected chi connectivity index (χ1v) is 8.65. The molecular formula is C18H23ClN4. The fraction of sp³-hybridized carbons (Fsp3) is 0.444. The molecule has 1 N–H and O–H groups in total. The Hall–Kier alpha value is -1.65. The van der Waals surface area contributed by atoms with Crippen molar-refractivity contribution in [3.05, 3.63) is 52.8 Å². The number of nitrogens with one attached hydrogen (secondary N) is 1. The Morgan fingerprint density at radius 1 is 1.22 bits per heavy atom. The quantitative estimate of drug-likeness (QED) is 0.901. The van der Waals surface area contributed by atoms with E-state index >= 15 is 0 Å². The molecule has 0 spiro atoms. The van der Waals surface area contributed by atoms with Gasteiger partial charge < -0.3 is 5.32 Å². The Balaban J connectivity index is 1.61. The smallest absolute Gasteiger partial charge is 0.222 e. The Labute approximate surface area is 142 Å². The average Bonchev–Trinajstić information content (AvgIpc) is 2.58. The lowest BCUT2D eigenvalue weighted by molar-refractivity contribution is 0.200. The van der Waals surface area contributed by atoms with Crippen molar-refractivity contribution in [3.8, 4) is 0 Å². The van der Waals surface area contributed by atoms with Crippen LogP contribution in [0.1, 0.15) is 36.8 Å². The summed E-state index contributed by atoms with van der Waals surface area (Å²) in [4.78, 5) is 11.2. The summed E-state index contributed by atoms with van der Waals surface area (Å²) >= 11 is 5.99. The molecule has 0 radical (unpaired) electrons. The maximum absolute atomic E-state index is 5.99. The molecule has 0 amide bonds. The van der Waals surface area contributed by atoms with Gasteiger partial charge in [0.05, 0.1) is 0 Å². The normalized spacial score (nSPS) is 18.8. The Kier molecular flexibility index (Phi) is 5.47. The van der Waals surface area contributed by atoms with Gasteiger partial charge in [0.2, 0.25) is 5.95 Å². The Morgan fingerprint density at radius 2 is 1.96 bits per heavy atom. The van der Waals surface area contributed by atoms with Crippen LogP contribution < -0.4 is 5.32 Å². The van der Waals surface area contributed by atoms with Crippen LogP contribution in [0.5, 0.6) is 0 Å². The zero-order valence-electron chi connectivity index (χ0n) is 13.5. The summed E-state index contributed by atoms with van der Waals surface area (Å²) < 4.78 is 0. The summed E-state index contributed by atoms with van der Waals surface area (Å²) in [6.07, 6.45) is 6.32. The fourth-order valence-electron chi connectivity index (χ4n) is 3.15. The highest BCUT2D eigenvalue weighted by Crippen LogP contribution is 2.28. The number of piperidine rings is 1. The molecule has 0 saturated carbocycles. The van der Waals surface area contributed by atoms with E-state index in [0.717, 1.165) is 31.2 Å². The van der Waals surface area contributed by atoms with Crippen molar-refractivity contribution < 1.29 is 0 Å². The first kappa shape index (κ1) is 16.2. The molecule has 23 heavy (non-hydrogen) atoms. The molecule has 3 rings (SSSR count). The summed E-state index contributed by atoms with van der Waals surface area (Å²) in [5.74, 6) is 1.29. The third-order valence-electron chi connectivity index (χ3n) is 4.29. The Bertz CT molecular complexity index is 612. The second-order valence-corrected chi connectivity index (χ2v) is 6.51. The van der Waals surface area contributed by atoms with Gasteiger partial charge >= 0.3 is 0 Å². The van der Waals surface area contributed by atoms with Gasteiger partial charge in [0.1, 0.15) is 0 Å². The fourth-order valence-corrected chi connectivity index (χ4v) is 3.28. The predicted octanol–water partition coefficient (Wildman–Crippen LogP) is 3.94. The lowest BCUT2D eigenvalue weighted by Gasteiger charge is -2.33. The van der Waals surface area contributed by atoms with Crippen molar-refractivity contribution in [1.29, 1.82) is 0 Å². The van der Waals surface area contributed by atoms with Gasteiger partial charge in [0.25, 0.3) is 0 Å². The highest BCUT2D eigenvalue weighted by Gasteiger charge is 2.21. The number of hydrogen-bond acceptors (Lipinski definition) is 4. The van der Waals surface area contributed by atoms with E-state index in [2.05, 4.69) is 32.3 Å². The molecule has 2 aromatic rings. The van der Waals surface area contributed by atoms with Gasteiger partial charge in [-0.05, 0) is 49.9 Å². The second kappa shape index (κ2) is 7.75. The standard InChI is InChI=1S/C18H23ClN4/c1-2-20-18-21-10-14(11-22-18)12-23-9-3-4-16(13-23)15-5-7-17(19)8-6-15/h5-8,10-11,16H,2-4,9,12-13H2,1H3,(H,20,21,22)/t16-/m1/s1. The maximum atomic E-state index is 5.99. The third-order valence-corrected chi connectivity index (χ3v) is 4.55. The molecule has 1 aliphatic rings. The summed E-state index contributed by atoms with van der Waals surface area (Å²) in [5, 5.41) is 3.93. The number of nitrogens with zero attached hydrogens (tertiary/aromatic N) is 3. The zero-order chi connectivity index (χ0) is 16.1. The summed E-state index contributed by atoms with van der Waals surface area (Å²) in [5.41, 5.74) is 2.56. The number of rotatable bonds is 5. The minimum Gasteiger partial charge on any atom is -0.355 e. The van der Waals surface area contributed by atoms with Crippen LogP contribution in [0.25, 0.3) is 0 Å². The molecule has 1 saturated heterocycles. The number of anilines is 1. The number of hydrogen-bond donors (Lipinski definition) is 1. The molecule has 2 heterocycles. The first-order valence-electron chi connectivity index (χ1n) is 8.27. The van der Waals surface area contributed by atoms with Gasteiger partial charge in [0, 0.05) is 42.6 Å². The summed E-state index contributed by atoms with van der Waals surface area (Å²) in [6, 6.07) is 8.29. The summed E-state index contributed by atoms with van der Waals surface area (Å²) in [6.45, 7) is 6.02. The van der Waals surface area contributed by atoms with Gasteiger partial charge in [-0.1, -0.05) is 23.7 Å². The van der Waals surface area contributed by atoms with E-state index in [1.165, 1.54) is 24.0 Å². The van der Waals surface area contributed by atoms with Crippen molar-refractivity contribution in [2.24, 2.45) is 0 Å². The van der Waals surface area contributed by atoms with E-state index < -0.39 is 0 Å². The monoisotopic (exact) mass is 330 g/mol. The second-order valence-electron chi connectivity index (χ2n) is 6.07. The van der Waals surface area contributed by atoms with Crippen molar-refractivity contribution >= 4 is 17.5 Å². The van der Waals surface area contributed by atoms with Gasteiger partial charge in [0.15, 0.2) is 0 Å². The minimum absolute atomic E-state index is 0.586. The Morgan fingerprint density at radius 3 is 2.65 bits per heavy atom. The molecule has 1 atom stereocenters. The highest BCUT2D eigenvalue weighted by molar-refractivity contribution is 6.30. The minimum atomic E-state index is 0.586. The first-order chi connectivity index (χ1) is 11.2. The largest absolute Gasteiger partial charge is 0.355 e. The van der Waals surface area contributed by atoms with Crippen molar-refractivity contribution in [1.82, 2.24) is 14.9 Å². The van der Waals surface area contributed by atoms with Crippen LogP contribution in [0.15, 0.2) is 36.7 Å². The van der Waals surface area contributed by atoms with E-state index in [1.807, 2.05) is 31.5 Å². The molecule has 1 fully saturated rings. The molecule has 0 aliphatic carbocycles. The molecule has 0 bridgehead atoms. The van der Waals surface area contributed by atoms with Gasteiger partial charge in [-0.25, -0.2) is 9.97 Å². The van der Waals surface area contributed by atoms with E-state index in [9.17, 15) is 0 Å². The molecule has 1 aromatic carbocycles. The van der Waals surface area contributed by atoms with Crippen molar-refractivity contribution in [3.63, 3.8) is 0 Å². The van der Waals surface area contributed by atoms with Crippen LogP contribution >= 0.6 is 11.6 Å². The maximum Gasteiger partial charge on any atom is 0.222 e. The van der Waals surface area contributed by atoms with E-state index in [-0.39, 0.29) is 0 Å². The van der Waals surface area contributed by atoms with Crippen LogP contribution in [0, 0.1) is 0 Å². The van der Waals surface area contributed by atoms with Gasteiger partial charge in [-0.2, -0.15) is 0 Å². The van der Waals surface area contributed by atoms with Crippen LogP contribution in [0.2, 0.25) is 5.02 Å². The van der Waals surface area contributed by atoms with Crippen LogP contribution in [-0.2, 0) is 6.54 Å². The topological polar surface area (TPSA) is 41.1 Å². The van der Waals surface area contributed by atoms with E-state index in [0.29, 0.717) is 11.9 Å². The predicted molar refractivity (Wildman–Crippen MR) is 94.9 cm³/mol. The van der Waals surface area contributed by atoms with Crippen molar-refractivity contribution in [2.75, 3.05) is 25.0 Å². The molecule has 1 aliphatic heterocycles. The average molecular weight is 331 g/mol. The molecule has 4 nitrogen and oxygen atoms in total. The van der Waals surface area contributed by atoms with Crippen LogP contribution in [0.4, 0.5) is 5.95 Å². The van der Waals surface area contributed by atoms with Crippen molar-refractivity contribution in [2.45, 2.75) is 32.2 Å². The SMILES string of the molecule is CCNc1ncc(CN2CCC[C@@H](c3ccc(Cl)cc3)C2)cn1. The van der Waals surface area contributed by atoms with Gasteiger partial charge in [-0.15, -0.1) is 0 Å². The van der Waals surface area contributed by atoms with Crippen LogP contribution in [-0.4, -0.2) is 34.5 Å². The zero-order valence-corrected chi connectivity index (χ0v) is 14.3. The number of benzene rings is 1. The van der Waals surface area contributed by atoms with Gasteiger partial charge in [-0.3, -0.25) is 4.90 Å². The van der Waals surface area contributed by atoms with E-state index in [1.54, 1.807) is 0 Å². The molecule has 0 unspecified atom stereocenters. The van der Waals surface area contributed by atoms with E-state index in [4.69, 9.17) is 11.6 Å². The molecular weight excluding hydrogens is 308 g/mol. The molecule has 5 heteroatoms. The highest BCUT2D eigenvalue weighted by atomic mass is 35.5. The summed E-state index contributed by atoms with van der Waals surface area (Å²) in [7, 11) is 0. The van der Waals surface area contributed by atoms with Crippen LogP contribution in [0.3, 0.4) is 0 Å². The lowest BCUT2D eigenvalue weighted by atomic mass is 9.90. The number of likely N-dealkylation sites (tertiary alicyclic amines) is 1. The lowest BCUT2D eigenvalue weighted by Crippen LogP contribution is -2.33. The number of halogens is 1. The third kappa shape index (κ3) is 4.43.